The lowest BCUT2D eigenvalue weighted by molar-refractivity contribution is 0.0522. The highest BCUT2D eigenvalue weighted by Gasteiger charge is 2.39. The predicted molar refractivity (Wildman–Crippen MR) is 44.9 cm³/mol. The van der Waals surface area contributed by atoms with Gasteiger partial charge in [-0.05, 0) is 24.7 Å². The van der Waals surface area contributed by atoms with Crippen LogP contribution in [0, 0.1) is 17.2 Å². The van der Waals surface area contributed by atoms with Crippen molar-refractivity contribution in [3.05, 3.63) is 0 Å². The number of halogens is 2. The second-order valence-corrected chi connectivity index (χ2v) is 4.04. The molecule has 1 aliphatic rings. The number of rotatable bonds is 0. The topological polar surface area (TPSA) is 23.9 Å². The van der Waals surface area contributed by atoms with E-state index in [2.05, 4.69) is 0 Å². The fourth-order valence-electron chi connectivity index (χ4n) is 1.91. The van der Waals surface area contributed by atoms with Gasteiger partial charge in [0, 0.05) is 6.42 Å². The first-order valence-corrected chi connectivity index (χ1v) is 4.37. The number of hydrogen-bond acceptors (Lipinski definition) is 1. The van der Waals surface area contributed by atoms with Crippen LogP contribution in [-0.4, -0.2) is 11.6 Å². The maximum absolute atomic E-state index is 13.1. The van der Waals surface area contributed by atoms with Gasteiger partial charge in [-0.25, -0.2) is 8.78 Å². The first-order valence-electron chi connectivity index (χ1n) is 4.37. The lowest BCUT2D eigenvalue weighted by Crippen LogP contribution is -2.28. The van der Waals surface area contributed by atoms with Crippen LogP contribution in [0.3, 0.4) is 0 Å². The van der Waals surface area contributed by atoms with E-state index in [0.29, 0.717) is 0 Å². The van der Waals surface area contributed by atoms with Crippen molar-refractivity contribution in [1.29, 1.82) is 5.41 Å². The molecule has 1 rings (SSSR count). The third-order valence-electron chi connectivity index (χ3n) is 2.40. The summed E-state index contributed by atoms with van der Waals surface area (Å²) in [7, 11) is 0. The first kappa shape index (κ1) is 9.62. The van der Waals surface area contributed by atoms with Crippen molar-refractivity contribution in [1.82, 2.24) is 0 Å². The SMILES string of the molecule is CC1C[C@@H](C)CC(=N)C(F)(F)C1. The lowest BCUT2D eigenvalue weighted by Gasteiger charge is -2.16. The molecule has 0 aromatic heterocycles. The van der Waals surface area contributed by atoms with E-state index in [9.17, 15) is 8.78 Å². The Hall–Kier alpha value is -0.470. The Morgan fingerprint density at radius 2 is 1.92 bits per heavy atom. The van der Waals surface area contributed by atoms with Crippen LogP contribution in [-0.2, 0) is 0 Å². The van der Waals surface area contributed by atoms with Gasteiger partial charge in [-0.1, -0.05) is 13.8 Å². The Morgan fingerprint density at radius 3 is 2.50 bits per heavy atom. The molecule has 0 spiro atoms. The minimum absolute atomic E-state index is 0.0397. The van der Waals surface area contributed by atoms with Crippen molar-refractivity contribution in [3.8, 4) is 0 Å². The summed E-state index contributed by atoms with van der Waals surface area (Å²) in [6.07, 6.45) is 0.936. The van der Waals surface area contributed by atoms with Crippen LogP contribution in [0.5, 0.6) is 0 Å². The van der Waals surface area contributed by atoms with E-state index in [-0.39, 0.29) is 30.4 Å². The van der Waals surface area contributed by atoms with Crippen LogP contribution in [0.15, 0.2) is 0 Å². The molecule has 1 saturated carbocycles. The van der Waals surface area contributed by atoms with E-state index in [1.807, 2.05) is 13.8 Å². The fourth-order valence-corrected chi connectivity index (χ4v) is 1.91. The smallest absolute Gasteiger partial charge is 0.285 e. The molecule has 0 bridgehead atoms. The van der Waals surface area contributed by atoms with Crippen molar-refractivity contribution < 1.29 is 8.78 Å². The standard InChI is InChI=1S/C9H15F2N/c1-6-3-7(2)5-9(10,11)8(12)4-6/h6-7,12H,3-5H2,1-2H3/t6-,7?/m1/s1. The van der Waals surface area contributed by atoms with Crippen LogP contribution < -0.4 is 0 Å². The van der Waals surface area contributed by atoms with Gasteiger partial charge in [0.25, 0.3) is 5.92 Å². The second kappa shape index (κ2) is 3.11. The van der Waals surface area contributed by atoms with Gasteiger partial charge in [0.1, 0.15) is 0 Å². The minimum atomic E-state index is -2.84. The average Bonchev–Trinajstić information content (AvgIpc) is 1.89. The molecule has 0 aromatic carbocycles. The summed E-state index contributed by atoms with van der Waals surface area (Å²) in [5.41, 5.74) is -0.376. The van der Waals surface area contributed by atoms with E-state index in [1.54, 1.807) is 0 Å². The molecule has 0 heterocycles. The molecule has 0 saturated heterocycles. The molecule has 0 radical (unpaired) electrons. The van der Waals surface area contributed by atoms with Crippen LogP contribution in [0.25, 0.3) is 0 Å². The van der Waals surface area contributed by atoms with Gasteiger partial charge >= 0.3 is 0 Å². The van der Waals surface area contributed by atoms with Crippen molar-refractivity contribution in [3.63, 3.8) is 0 Å². The Morgan fingerprint density at radius 1 is 1.33 bits per heavy atom. The molecule has 0 amide bonds. The Balaban J connectivity index is 2.75. The summed E-state index contributed by atoms with van der Waals surface area (Å²) < 4.78 is 26.1. The molecule has 1 nitrogen and oxygen atoms in total. The molecule has 0 aromatic rings. The summed E-state index contributed by atoms with van der Waals surface area (Å²) in [5.74, 6) is -2.57. The van der Waals surface area contributed by atoms with Crippen LogP contribution in [0.2, 0.25) is 0 Å². The fraction of sp³-hybridized carbons (Fsp3) is 0.889. The van der Waals surface area contributed by atoms with Gasteiger partial charge in [0.2, 0.25) is 0 Å². The normalized spacial score (nSPS) is 36.2. The van der Waals surface area contributed by atoms with Gasteiger partial charge < -0.3 is 5.41 Å². The molecule has 3 heteroatoms. The quantitative estimate of drug-likeness (QED) is 0.547. The van der Waals surface area contributed by atoms with E-state index in [1.165, 1.54) is 0 Å². The molecular weight excluding hydrogens is 160 g/mol. The Labute approximate surface area is 71.7 Å². The van der Waals surface area contributed by atoms with E-state index >= 15 is 0 Å². The van der Waals surface area contributed by atoms with Crippen molar-refractivity contribution in [2.24, 2.45) is 11.8 Å². The molecule has 1 N–H and O–H groups in total. The third-order valence-corrected chi connectivity index (χ3v) is 2.40. The molecule has 1 fully saturated rings. The van der Waals surface area contributed by atoms with Gasteiger partial charge in [-0.3, -0.25) is 0 Å². The Bertz CT molecular complexity index is 189. The zero-order chi connectivity index (χ0) is 9.35. The Kier molecular flexibility index (Phi) is 2.49. The molecular formula is C9H15F2N. The highest BCUT2D eigenvalue weighted by Crippen LogP contribution is 2.34. The maximum atomic E-state index is 13.1. The van der Waals surface area contributed by atoms with Crippen molar-refractivity contribution >= 4 is 5.71 Å². The highest BCUT2D eigenvalue weighted by atomic mass is 19.3. The highest BCUT2D eigenvalue weighted by molar-refractivity contribution is 5.88. The van der Waals surface area contributed by atoms with Gasteiger partial charge in [-0.2, -0.15) is 0 Å². The maximum Gasteiger partial charge on any atom is 0.285 e. The number of alkyl halides is 2. The van der Waals surface area contributed by atoms with Crippen LogP contribution in [0.1, 0.15) is 33.1 Å². The van der Waals surface area contributed by atoms with Gasteiger partial charge in [0.15, 0.2) is 0 Å². The largest absolute Gasteiger partial charge is 0.303 e. The first-order chi connectivity index (χ1) is 5.42. The minimum Gasteiger partial charge on any atom is -0.303 e. The molecule has 70 valence electrons. The average molecular weight is 175 g/mol. The molecule has 12 heavy (non-hydrogen) atoms. The van der Waals surface area contributed by atoms with Gasteiger partial charge in [0.05, 0.1) is 5.71 Å². The summed E-state index contributed by atoms with van der Waals surface area (Å²) in [6.45, 7) is 3.77. The zero-order valence-corrected chi connectivity index (χ0v) is 7.53. The predicted octanol–water partition coefficient (Wildman–Crippen LogP) is 3.10. The number of hydrogen-bond donors (Lipinski definition) is 1. The molecule has 1 aliphatic carbocycles. The van der Waals surface area contributed by atoms with E-state index in [0.717, 1.165) is 6.42 Å². The molecule has 1 unspecified atom stereocenters. The lowest BCUT2D eigenvalue weighted by atomic mass is 9.96. The van der Waals surface area contributed by atoms with Crippen LogP contribution in [0.4, 0.5) is 8.78 Å². The van der Waals surface area contributed by atoms with Gasteiger partial charge in [-0.15, -0.1) is 0 Å². The summed E-state index contributed by atoms with van der Waals surface area (Å²) >= 11 is 0. The second-order valence-electron chi connectivity index (χ2n) is 4.04. The molecule has 2 atom stereocenters. The van der Waals surface area contributed by atoms with Crippen molar-refractivity contribution in [2.45, 2.75) is 39.0 Å². The van der Waals surface area contributed by atoms with E-state index in [4.69, 9.17) is 5.41 Å². The summed E-state index contributed by atoms with van der Waals surface area (Å²) in [6, 6.07) is 0. The number of nitrogens with one attached hydrogen (secondary N) is 1. The molecule has 0 aliphatic heterocycles. The van der Waals surface area contributed by atoms with Crippen LogP contribution >= 0.6 is 0 Å². The monoisotopic (exact) mass is 175 g/mol. The zero-order valence-electron chi connectivity index (χ0n) is 7.53. The third kappa shape index (κ3) is 2.02. The van der Waals surface area contributed by atoms with E-state index < -0.39 is 5.92 Å². The van der Waals surface area contributed by atoms with Crippen molar-refractivity contribution in [2.75, 3.05) is 0 Å². The summed E-state index contributed by atoms with van der Waals surface area (Å²) in [4.78, 5) is 0. The summed E-state index contributed by atoms with van der Waals surface area (Å²) in [5, 5.41) is 7.20.